The number of hydrogen-bond acceptors (Lipinski definition) is 8. The molecule has 1 fully saturated rings. The number of amides is 1. The topological polar surface area (TPSA) is 135 Å². The quantitative estimate of drug-likeness (QED) is 0.399. The lowest BCUT2D eigenvalue weighted by Gasteiger charge is -2.39. The van der Waals surface area contributed by atoms with Gasteiger partial charge in [0.05, 0.1) is 52.8 Å². The number of ether oxygens (including phenoxy) is 4. The molecule has 1 saturated heterocycles. The van der Waals surface area contributed by atoms with Gasteiger partial charge in [-0.15, -0.1) is 0 Å². The first-order chi connectivity index (χ1) is 24.3. The van der Waals surface area contributed by atoms with E-state index in [-0.39, 0.29) is 27.3 Å². The maximum Gasteiger partial charge on any atom is 0.408 e. The van der Waals surface area contributed by atoms with Crippen molar-refractivity contribution in [3.05, 3.63) is 66.3 Å². The molecular weight excluding hydrogens is 552 g/mol. The zero-order valence-corrected chi connectivity index (χ0v) is 22.8. The molecule has 222 valence electrons. The summed E-state index contributed by atoms with van der Waals surface area (Å²) in [6.07, 6.45) is -9.76. The van der Waals surface area contributed by atoms with Gasteiger partial charge in [-0.25, -0.2) is 13.2 Å². The average molecular weight is 601 g/mol. The van der Waals surface area contributed by atoms with E-state index in [0.29, 0.717) is 0 Å². The SMILES string of the molecule is [2H]c1c([2H])c([2H])c(C([2H])([2H])[C@]([2H])(N(C(=O)O)C2CO[C@@H]3OC=C[C@@H]23)[C@]([2H])(O)C([2H])([2H])N(CC(C)C)S(=O)(=O)c2ccc3c(c2)OC([2H])CO3)c([2H])c1[2H]. The zero-order chi connectivity index (χ0) is 39.8. The zero-order valence-electron chi connectivity index (χ0n) is 33.9. The number of carboxylic acid groups (broad SMARTS) is 1. The van der Waals surface area contributed by atoms with Crippen LogP contribution in [-0.4, -0.2) is 91.2 Å². The van der Waals surface area contributed by atoms with Crippen molar-refractivity contribution in [2.24, 2.45) is 11.8 Å². The summed E-state index contributed by atoms with van der Waals surface area (Å²) in [5.74, 6) is -2.14. The normalized spacial score (nSPS) is 31.0. The van der Waals surface area contributed by atoms with E-state index in [1.165, 1.54) is 19.9 Å². The molecule has 3 aliphatic rings. The number of benzene rings is 2. The Morgan fingerprint density at radius 3 is 2.76 bits per heavy atom. The number of aliphatic hydroxyl groups is 1. The molecule has 2 N–H and O–H groups in total. The molecule has 5 rings (SSSR count). The monoisotopic (exact) mass is 600 g/mol. The van der Waals surface area contributed by atoms with Crippen LogP contribution >= 0.6 is 0 Å². The van der Waals surface area contributed by atoms with Crippen LogP contribution in [-0.2, 0) is 25.9 Å². The second-order valence-corrected chi connectivity index (χ2v) is 11.4. The van der Waals surface area contributed by atoms with Crippen LogP contribution in [0.2, 0.25) is 0 Å². The Hall–Kier alpha value is -3.32. The molecule has 12 heteroatoms. The van der Waals surface area contributed by atoms with Gasteiger partial charge in [-0.3, -0.25) is 4.90 Å². The maximum atomic E-state index is 14.4. The Bertz CT molecular complexity index is 1910. The predicted octanol–water partition coefficient (Wildman–Crippen LogP) is 2.94. The van der Waals surface area contributed by atoms with E-state index in [1.807, 2.05) is 0 Å². The van der Waals surface area contributed by atoms with Crippen molar-refractivity contribution < 1.29 is 58.8 Å². The Balaban J connectivity index is 1.80. The summed E-state index contributed by atoms with van der Waals surface area (Å²) in [6, 6.07) is -8.96. The van der Waals surface area contributed by atoms with Crippen molar-refractivity contribution in [2.45, 2.75) is 49.5 Å². The Morgan fingerprint density at radius 2 is 2.02 bits per heavy atom. The number of fused-ring (bicyclic) bond motifs is 2. The molecule has 0 spiro atoms. The van der Waals surface area contributed by atoms with Gasteiger partial charge in [0.2, 0.25) is 16.3 Å². The van der Waals surface area contributed by atoms with Crippen molar-refractivity contribution in [3.63, 3.8) is 0 Å². The molecule has 0 aromatic heterocycles. The first-order valence-corrected chi connectivity index (χ1v) is 13.9. The minimum Gasteiger partial charge on any atom is -0.486 e. The number of nitrogens with zero attached hydrogens (tertiary/aromatic N) is 2. The number of sulfonamides is 1. The molecule has 6 atom stereocenters. The molecule has 2 unspecified atom stereocenters. The fourth-order valence-electron chi connectivity index (χ4n) is 4.42. The Kier molecular flexibility index (Phi) is 5.27. The summed E-state index contributed by atoms with van der Waals surface area (Å²) < 4.78 is 155. The molecule has 3 aliphatic heterocycles. The second kappa shape index (κ2) is 12.3. The number of carbonyl (C=O) groups is 1. The van der Waals surface area contributed by atoms with Gasteiger partial charge in [-0.2, -0.15) is 4.31 Å². The third-order valence-electron chi connectivity index (χ3n) is 6.23. The van der Waals surface area contributed by atoms with Gasteiger partial charge in [-0.05, 0) is 36.1 Å². The Morgan fingerprint density at radius 1 is 1.24 bits per heavy atom. The lowest BCUT2D eigenvalue weighted by atomic mass is 9.94. The van der Waals surface area contributed by atoms with Gasteiger partial charge in [0.25, 0.3) is 0 Å². The highest BCUT2D eigenvalue weighted by atomic mass is 32.2. The van der Waals surface area contributed by atoms with Crippen molar-refractivity contribution >= 4 is 16.1 Å². The molecule has 0 saturated carbocycles. The van der Waals surface area contributed by atoms with E-state index in [4.69, 9.17) is 27.2 Å². The van der Waals surface area contributed by atoms with E-state index in [9.17, 15) is 31.6 Å². The van der Waals surface area contributed by atoms with E-state index in [2.05, 4.69) is 0 Å². The summed E-state index contributed by atoms with van der Waals surface area (Å²) in [7, 11) is -5.28. The van der Waals surface area contributed by atoms with Gasteiger partial charge in [0.15, 0.2) is 11.5 Å². The highest BCUT2D eigenvalue weighted by molar-refractivity contribution is 7.89. The van der Waals surface area contributed by atoms with Crippen LogP contribution in [0.1, 0.15) is 35.9 Å². The first-order valence-electron chi connectivity index (χ1n) is 18.6. The van der Waals surface area contributed by atoms with E-state index in [1.54, 1.807) is 0 Å². The van der Waals surface area contributed by atoms with E-state index < -0.39 is 126 Å². The molecule has 2 aromatic carbocycles. The largest absolute Gasteiger partial charge is 0.486 e. The third-order valence-corrected chi connectivity index (χ3v) is 7.90. The van der Waals surface area contributed by atoms with Crippen LogP contribution in [0, 0.1) is 11.8 Å². The number of rotatable bonds is 11. The van der Waals surface area contributed by atoms with Crippen molar-refractivity contribution in [1.29, 1.82) is 0 Å². The van der Waals surface area contributed by atoms with Crippen LogP contribution < -0.4 is 9.47 Å². The molecule has 11 nitrogen and oxygen atoms in total. The van der Waals surface area contributed by atoms with Crippen LogP contribution in [0.4, 0.5) is 4.79 Å². The fraction of sp³-hybridized carbons (Fsp3) is 0.483. The molecule has 3 heterocycles. The first kappa shape index (κ1) is 17.6. The summed E-state index contributed by atoms with van der Waals surface area (Å²) in [6.45, 7) is -4.30. The summed E-state index contributed by atoms with van der Waals surface area (Å²) in [5.41, 5.74) is -1.42. The molecule has 0 aliphatic carbocycles. The number of hydrogen-bond donors (Lipinski definition) is 2. The molecule has 1 amide bonds. The lowest BCUT2D eigenvalue weighted by Crippen LogP contribution is -2.57. The predicted molar refractivity (Wildman–Crippen MR) is 148 cm³/mol. The van der Waals surface area contributed by atoms with Crippen LogP contribution in [0.3, 0.4) is 0 Å². The standard InChI is InChI=1S/C29H36N2O9S/c1-19(2)16-30(41(35,36)21-8-9-26-27(15-21)38-13-12-37-26)17-25(32)23(14-20-6-4-3-5-7-20)31(29(33)34)24-18-40-28-22(24)10-11-39-28/h3-11,15,19,22-25,28,32H,12-14,16-18H2,1-2H3,(H,33,34)/t22-,23-,24?,25+,28-/m0/s1/i3D,4D,5D,6D,7D,13D,14D2,17D2,23D,25D/t13?,22-,23-,24?,25+,28-. The highest BCUT2D eigenvalue weighted by Gasteiger charge is 2.48. The van der Waals surface area contributed by atoms with Gasteiger partial charge in [0, 0.05) is 24.6 Å². The van der Waals surface area contributed by atoms with Crippen molar-refractivity contribution in [1.82, 2.24) is 9.21 Å². The molecule has 0 bridgehead atoms. The van der Waals surface area contributed by atoms with Crippen LogP contribution in [0.25, 0.3) is 0 Å². The Labute approximate surface area is 256 Å². The van der Waals surface area contributed by atoms with E-state index in [0.717, 1.165) is 24.5 Å². The van der Waals surface area contributed by atoms with Gasteiger partial charge in [0.1, 0.15) is 13.2 Å². The highest BCUT2D eigenvalue weighted by Crippen LogP contribution is 2.36. The van der Waals surface area contributed by atoms with Crippen molar-refractivity contribution in [2.75, 3.05) is 32.8 Å². The molecule has 41 heavy (non-hydrogen) atoms. The lowest BCUT2D eigenvalue weighted by molar-refractivity contribution is -0.0690. The molecule has 2 aromatic rings. The average Bonchev–Trinajstić information content (AvgIpc) is 3.69. The summed E-state index contributed by atoms with van der Waals surface area (Å²) in [4.78, 5) is 12.4. The maximum absolute atomic E-state index is 14.4. The van der Waals surface area contributed by atoms with Crippen LogP contribution in [0.5, 0.6) is 11.5 Å². The summed E-state index contributed by atoms with van der Waals surface area (Å²) >= 11 is 0. The molecule has 0 radical (unpaired) electrons. The smallest absolute Gasteiger partial charge is 0.408 e. The minimum absolute atomic E-state index is 0.0407. The van der Waals surface area contributed by atoms with E-state index >= 15 is 0 Å². The molecular formula is C29H36N2O9S. The minimum atomic E-state index is -5.28. The second-order valence-electron chi connectivity index (χ2n) is 9.53. The van der Waals surface area contributed by atoms with Gasteiger partial charge in [-0.1, -0.05) is 44.1 Å². The van der Waals surface area contributed by atoms with Crippen LogP contribution in [0.15, 0.2) is 65.6 Å². The fourth-order valence-corrected chi connectivity index (χ4v) is 5.87. The van der Waals surface area contributed by atoms with Gasteiger partial charge < -0.3 is 29.2 Å². The van der Waals surface area contributed by atoms with Gasteiger partial charge >= 0.3 is 6.09 Å². The summed E-state index contributed by atoms with van der Waals surface area (Å²) in [5, 5.41) is 23.0. The van der Waals surface area contributed by atoms with Crippen molar-refractivity contribution in [3.8, 4) is 11.5 Å². The third kappa shape index (κ3) is 6.30.